The maximum absolute atomic E-state index is 12.5. The standard InChI is InChI=1S/C16H13Cl2N3OS/c1-20(10-12-7-8-14(17)23-12)13-9-19-21(16(22)15(13)18)11-5-3-2-4-6-11/h2-9H,10H2,1H3. The molecule has 0 aliphatic rings. The number of halogens is 2. The molecule has 0 amide bonds. The van der Waals surface area contributed by atoms with Crippen molar-refractivity contribution in [1.29, 1.82) is 0 Å². The fourth-order valence-corrected chi connectivity index (χ4v) is 3.61. The van der Waals surface area contributed by atoms with Crippen molar-refractivity contribution < 1.29 is 0 Å². The average molecular weight is 366 g/mol. The summed E-state index contributed by atoms with van der Waals surface area (Å²) in [5.41, 5.74) is 0.929. The smallest absolute Gasteiger partial charge is 0.292 e. The molecule has 0 fully saturated rings. The lowest BCUT2D eigenvalue weighted by molar-refractivity contribution is 0.796. The summed E-state index contributed by atoms with van der Waals surface area (Å²) in [6, 6.07) is 13.0. The van der Waals surface area contributed by atoms with E-state index in [1.54, 1.807) is 6.20 Å². The van der Waals surface area contributed by atoms with E-state index >= 15 is 0 Å². The lowest BCUT2D eigenvalue weighted by atomic mass is 10.3. The van der Waals surface area contributed by atoms with Crippen LogP contribution in [-0.2, 0) is 6.54 Å². The molecule has 3 rings (SSSR count). The number of para-hydroxylation sites is 1. The van der Waals surface area contributed by atoms with E-state index in [0.717, 1.165) is 9.21 Å². The van der Waals surface area contributed by atoms with Crippen molar-refractivity contribution in [2.24, 2.45) is 0 Å². The number of aromatic nitrogens is 2. The predicted octanol–water partition coefficient (Wildman–Crippen LogP) is 4.24. The molecule has 0 atom stereocenters. The number of anilines is 1. The Bertz CT molecular complexity index is 877. The molecular weight excluding hydrogens is 353 g/mol. The summed E-state index contributed by atoms with van der Waals surface area (Å²) in [5.74, 6) is 0. The minimum atomic E-state index is -0.341. The molecule has 0 unspecified atom stereocenters. The zero-order valence-corrected chi connectivity index (χ0v) is 14.6. The summed E-state index contributed by atoms with van der Waals surface area (Å²) in [4.78, 5) is 15.4. The molecule has 2 aromatic heterocycles. The Balaban J connectivity index is 1.92. The predicted molar refractivity (Wildman–Crippen MR) is 96.3 cm³/mol. The first kappa shape index (κ1) is 16.1. The van der Waals surface area contributed by atoms with E-state index in [4.69, 9.17) is 23.2 Å². The van der Waals surface area contributed by atoms with Gasteiger partial charge < -0.3 is 4.90 Å². The van der Waals surface area contributed by atoms with E-state index in [0.29, 0.717) is 17.9 Å². The second-order valence-electron chi connectivity index (χ2n) is 4.96. The van der Waals surface area contributed by atoms with E-state index in [1.165, 1.54) is 16.0 Å². The summed E-state index contributed by atoms with van der Waals surface area (Å²) in [7, 11) is 1.86. The van der Waals surface area contributed by atoms with Crippen LogP contribution < -0.4 is 10.5 Å². The zero-order valence-electron chi connectivity index (χ0n) is 12.2. The number of hydrogen-bond acceptors (Lipinski definition) is 4. The monoisotopic (exact) mass is 365 g/mol. The highest BCUT2D eigenvalue weighted by Crippen LogP contribution is 2.26. The van der Waals surface area contributed by atoms with Gasteiger partial charge in [-0.15, -0.1) is 11.3 Å². The lowest BCUT2D eigenvalue weighted by Crippen LogP contribution is -2.26. The average Bonchev–Trinajstić information content (AvgIpc) is 2.95. The molecule has 7 heteroatoms. The van der Waals surface area contributed by atoms with Gasteiger partial charge in [0, 0.05) is 11.9 Å². The molecule has 0 saturated carbocycles. The Kier molecular flexibility index (Phi) is 4.71. The van der Waals surface area contributed by atoms with Gasteiger partial charge in [-0.1, -0.05) is 41.4 Å². The SMILES string of the molecule is CN(Cc1ccc(Cl)s1)c1cnn(-c2ccccc2)c(=O)c1Cl. The van der Waals surface area contributed by atoms with Crippen molar-refractivity contribution in [1.82, 2.24) is 9.78 Å². The van der Waals surface area contributed by atoms with E-state index < -0.39 is 0 Å². The van der Waals surface area contributed by atoms with Crippen LogP contribution in [0.3, 0.4) is 0 Å². The quantitative estimate of drug-likeness (QED) is 0.693. The minimum absolute atomic E-state index is 0.147. The van der Waals surface area contributed by atoms with Crippen LogP contribution in [0.2, 0.25) is 9.36 Å². The highest BCUT2D eigenvalue weighted by Gasteiger charge is 2.14. The number of thiophene rings is 1. The van der Waals surface area contributed by atoms with Crippen LogP contribution in [0.15, 0.2) is 53.5 Å². The van der Waals surface area contributed by atoms with Crippen molar-refractivity contribution in [2.45, 2.75) is 6.54 Å². The molecule has 3 aromatic rings. The first-order valence-electron chi connectivity index (χ1n) is 6.85. The van der Waals surface area contributed by atoms with Crippen molar-refractivity contribution in [3.05, 3.63) is 73.3 Å². The third-order valence-corrected chi connectivity index (χ3v) is 4.91. The maximum Gasteiger partial charge on any atom is 0.292 e. The largest absolute Gasteiger partial charge is 0.367 e. The molecule has 0 aliphatic carbocycles. The minimum Gasteiger partial charge on any atom is -0.367 e. The van der Waals surface area contributed by atoms with E-state index in [1.807, 2.05) is 54.4 Å². The molecule has 0 N–H and O–H groups in total. The van der Waals surface area contributed by atoms with Gasteiger partial charge in [0.05, 0.1) is 28.5 Å². The Morgan fingerprint density at radius 1 is 1.17 bits per heavy atom. The molecular formula is C16H13Cl2N3OS. The highest BCUT2D eigenvalue weighted by atomic mass is 35.5. The molecule has 1 aromatic carbocycles. The van der Waals surface area contributed by atoms with Gasteiger partial charge >= 0.3 is 0 Å². The molecule has 0 bridgehead atoms. The first-order chi connectivity index (χ1) is 11.1. The van der Waals surface area contributed by atoms with Crippen molar-refractivity contribution in [3.63, 3.8) is 0 Å². The van der Waals surface area contributed by atoms with Crippen molar-refractivity contribution in [3.8, 4) is 5.69 Å². The van der Waals surface area contributed by atoms with Crippen LogP contribution in [0.25, 0.3) is 5.69 Å². The number of nitrogens with zero attached hydrogens (tertiary/aromatic N) is 3. The van der Waals surface area contributed by atoms with Gasteiger partial charge in [0.15, 0.2) is 0 Å². The van der Waals surface area contributed by atoms with Crippen LogP contribution in [0.4, 0.5) is 5.69 Å². The first-order valence-corrected chi connectivity index (χ1v) is 8.42. The number of benzene rings is 1. The van der Waals surface area contributed by atoms with Crippen molar-refractivity contribution >= 4 is 40.2 Å². The molecule has 0 saturated heterocycles. The van der Waals surface area contributed by atoms with Crippen LogP contribution in [0.5, 0.6) is 0 Å². The fourth-order valence-electron chi connectivity index (χ4n) is 2.20. The van der Waals surface area contributed by atoms with Crippen LogP contribution in [0.1, 0.15) is 4.88 Å². The van der Waals surface area contributed by atoms with Gasteiger partial charge in [0.25, 0.3) is 5.56 Å². The molecule has 0 spiro atoms. The number of rotatable bonds is 4. The second-order valence-corrected chi connectivity index (χ2v) is 7.14. The molecule has 2 heterocycles. The maximum atomic E-state index is 12.5. The number of hydrogen-bond donors (Lipinski definition) is 0. The van der Waals surface area contributed by atoms with Crippen LogP contribution in [0, 0.1) is 0 Å². The van der Waals surface area contributed by atoms with Gasteiger partial charge in [-0.25, -0.2) is 0 Å². The van der Waals surface area contributed by atoms with E-state index in [-0.39, 0.29) is 10.6 Å². The Morgan fingerprint density at radius 2 is 1.91 bits per heavy atom. The van der Waals surface area contributed by atoms with Crippen LogP contribution >= 0.6 is 34.5 Å². The van der Waals surface area contributed by atoms with Gasteiger partial charge in [-0.2, -0.15) is 9.78 Å². The molecule has 118 valence electrons. The normalized spacial score (nSPS) is 10.7. The third-order valence-electron chi connectivity index (χ3n) is 3.33. The zero-order chi connectivity index (χ0) is 16.4. The van der Waals surface area contributed by atoms with Gasteiger partial charge in [0.2, 0.25) is 0 Å². The van der Waals surface area contributed by atoms with Crippen LogP contribution in [-0.4, -0.2) is 16.8 Å². The second kappa shape index (κ2) is 6.74. The topological polar surface area (TPSA) is 38.1 Å². The highest BCUT2D eigenvalue weighted by molar-refractivity contribution is 7.16. The van der Waals surface area contributed by atoms with Crippen molar-refractivity contribution in [2.75, 3.05) is 11.9 Å². The Hall–Kier alpha value is -1.82. The summed E-state index contributed by atoms with van der Waals surface area (Å²) in [6.07, 6.45) is 1.60. The molecule has 0 radical (unpaired) electrons. The Labute approximate surface area is 147 Å². The lowest BCUT2D eigenvalue weighted by Gasteiger charge is -2.19. The van der Waals surface area contributed by atoms with Gasteiger partial charge in [-0.3, -0.25) is 4.79 Å². The van der Waals surface area contributed by atoms with Gasteiger partial charge in [0.1, 0.15) is 5.02 Å². The summed E-state index contributed by atoms with van der Waals surface area (Å²) in [6.45, 7) is 0.605. The molecule has 0 aliphatic heterocycles. The fraction of sp³-hybridized carbons (Fsp3) is 0.125. The van der Waals surface area contributed by atoms with Gasteiger partial charge in [-0.05, 0) is 24.3 Å². The summed E-state index contributed by atoms with van der Waals surface area (Å²) in [5, 5.41) is 4.38. The summed E-state index contributed by atoms with van der Waals surface area (Å²) < 4.78 is 2.03. The molecule has 4 nitrogen and oxygen atoms in total. The Morgan fingerprint density at radius 3 is 2.57 bits per heavy atom. The summed E-state index contributed by atoms with van der Waals surface area (Å²) >= 11 is 13.7. The third kappa shape index (κ3) is 3.42. The van der Waals surface area contributed by atoms with E-state index in [2.05, 4.69) is 5.10 Å². The van der Waals surface area contributed by atoms with E-state index in [9.17, 15) is 4.79 Å². The molecule has 23 heavy (non-hydrogen) atoms.